The molecule has 0 aliphatic rings. The van der Waals surface area contributed by atoms with E-state index in [4.69, 9.17) is 23.2 Å². The summed E-state index contributed by atoms with van der Waals surface area (Å²) in [7, 11) is 0. The summed E-state index contributed by atoms with van der Waals surface area (Å²) in [4.78, 5) is 0.0995. The largest absolute Gasteiger partial charge is 0.768 e. The van der Waals surface area contributed by atoms with Crippen LogP contribution in [0.5, 0.6) is 0 Å². The molecule has 0 heterocycles. The van der Waals surface area contributed by atoms with Crippen LogP contribution in [0.1, 0.15) is 0 Å². The van der Waals surface area contributed by atoms with Gasteiger partial charge in [0, 0.05) is 14.9 Å². The molecule has 1 rings (SSSR count). The summed E-state index contributed by atoms with van der Waals surface area (Å²) < 4.78 is 20.8. The van der Waals surface area contributed by atoms with Crippen molar-refractivity contribution in [2.24, 2.45) is 0 Å². The van der Waals surface area contributed by atoms with E-state index in [0.717, 1.165) is 0 Å². The predicted octanol–water partition coefficient (Wildman–Crippen LogP) is 2.23. The van der Waals surface area contributed by atoms with Gasteiger partial charge in [-0.1, -0.05) is 23.2 Å². The molecule has 0 radical (unpaired) electrons. The van der Waals surface area contributed by atoms with E-state index >= 15 is 0 Å². The highest BCUT2D eigenvalue weighted by molar-refractivity contribution is 7.79. The lowest BCUT2D eigenvalue weighted by molar-refractivity contribution is 0.537. The number of benzene rings is 1. The Labute approximate surface area is 76.4 Å². The van der Waals surface area contributed by atoms with Crippen molar-refractivity contribution in [1.29, 1.82) is 0 Å². The van der Waals surface area contributed by atoms with Crippen molar-refractivity contribution in [3.8, 4) is 0 Å². The molecule has 2 nitrogen and oxygen atoms in total. The van der Waals surface area contributed by atoms with E-state index in [-0.39, 0.29) is 4.90 Å². The van der Waals surface area contributed by atoms with E-state index in [1.165, 1.54) is 18.2 Å². The third kappa shape index (κ3) is 2.45. The van der Waals surface area contributed by atoms with Crippen LogP contribution in [0, 0.1) is 0 Å². The van der Waals surface area contributed by atoms with E-state index in [2.05, 4.69) is 0 Å². The molecule has 0 aliphatic heterocycles. The van der Waals surface area contributed by atoms with Gasteiger partial charge < -0.3 is 4.55 Å². The van der Waals surface area contributed by atoms with E-state index < -0.39 is 11.1 Å². The normalized spacial score (nSPS) is 13.0. The Balaban J connectivity index is 3.19. The average molecular weight is 210 g/mol. The molecule has 11 heavy (non-hydrogen) atoms. The van der Waals surface area contributed by atoms with Crippen molar-refractivity contribution in [3.05, 3.63) is 28.2 Å². The van der Waals surface area contributed by atoms with Gasteiger partial charge in [-0.15, -0.1) is 0 Å². The lowest BCUT2D eigenvalue weighted by atomic mass is 10.4. The van der Waals surface area contributed by atoms with Crippen LogP contribution in [0.3, 0.4) is 0 Å². The summed E-state index contributed by atoms with van der Waals surface area (Å²) in [6.07, 6.45) is 0. The molecule has 0 saturated heterocycles. The van der Waals surface area contributed by atoms with E-state index in [1.807, 2.05) is 0 Å². The molecule has 5 heteroatoms. The highest BCUT2D eigenvalue weighted by atomic mass is 35.5. The number of rotatable bonds is 1. The third-order valence-electron chi connectivity index (χ3n) is 1.03. The number of hydrogen-bond donors (Lipinski definition) is 0. The quantitative estimate of drug-likeness (QED) is 0.666. The maximum absolute atomic E-state index is 10.4. The Hall–Kier alpha value is -0.0900. The van der Waals surface area contributed by atoms with Crippen LogP contribution in [0.2, 0.25) is 10.0 Å². The van der Waals surface area contributed by atoms with E-state index in [1.54, 1.807) is 0 Å². The van der Waals surface area contributed by atoms with Crippen LogP contribution in [-0.2, 0) is 11.1 Å². The van der Waals surface area contributed by atoms with Gasteiger partial charge in [-0.05, 0) is 29.3 Å². The second-order valence-corrected chi connectivity index (χ2v) is 3.65. The molecule has 0 aliphatic carbocycles. The predicted molar refractivity (Wildman–Crippen MR) is 43.6 cm³/mol. The van der Waals surface area contributed by atoms with E-state index in [9.17, 15) is 8.76 Å². The SMILES string of the molecule is O=S([O-])c1cc(Cl)cc(Cl)c1. The zero-order chi connectivity index (χ0) is 8.43. The standard InChI is InChI=1S/C6H4Cl2O2S/c7-4-1-5(8)3-6(2-4)11(9)10/h1-3H,(H,9,10)/p-1. The van der Waals surface area contributed by atoms with Crippen molar-refractivity contribution in [1.82, 2.24) is 0 Å². The molecule has 0 fully saturated rings. The van der Waals surface area contributed by atoms with Gasteiger partial charge >= 0.3 is 0 Å². The summed E-state index contributed by atoms with van der Waals surface area (Å²) in [6.45, 7) is 0. The summed E-state index contributed by atoms with van der Waals surface area (Å²) in [5.74, 6) is 0. The van der Waals surface area contributed by atoms with Gasteiger partial charge in [0.2, 0.25) is 0 Å². The summed E-state index contributed by atoms with van der Waals surface area (Å²) in [5, 5.41) is 0.633. The van der Waals surface area contributed by atoms with Crippen molar-refractivity contribution < 1.29 is 8.76 Å². The van der Waals surface area contributed by atoms with Crippen molar-refractivity contribution in [2.75, 3.05) is 0 Å². The van der Waals surface area contributed by atoms with Crippen LogP contribution >= 0.6 is 23.2 Å². The van der Waals surface area contributed by atoms with Crippen LogP contribution in [0.25, 0.3) is 0 Å². The smallest absolute Gasteiger partial charge is 0.0432 e. The Morgan fingerprint density at radius 2 is 1.64 bits per heavy atom. The fraction of sp³-hybridized carbons (Fsp3) is 0. The van der Waals surface area contributed by atoms with Crippen LogP contribution in [-0.4, -0.2) is 8.76 Å². The molecule has 0 N–H and O–H groups in total. The molecule has 1 unspecified atom stereocenters. The first-order valence-electron chi connectivity index (χ1n) is 2.65. The van der Waals surface area contributed by atoms with Crippen molar-refractivity contribution >= 4 is 34.3 Å². The van der Waals surface area contributed by atoms with E-state index in [0.29, 0.717) is 10.0 Å². The Morgan fingerprint density at radius 3 is 2.00 bits per heavy atom. The van der Waals surface area contributed by atoms with Crippen LogP contribution in [0.15, 0.2) is 23.1 Å². The lowest BCUT2D eigenvalue weighted by Crippen LogP contribution is -1.87. The topological polar surface area (TPSA) is 40.1 Å². The molecule has 0 spiro atoms. The van der Waals surface area contributed by atoms with Crippen molar-refractivity contribution in [3.63, 3.8) is 0 Å². The van der Waals surface area contributed by atoms with Gasteiger partial charge in [-0.25, -0.2) is 0 Å². The average Bonchev–Trinajstić information content (AvgIpc) is 1.85. The monoisotopic (exact) mass is 209 g/mol. The summed E-state index contributed by atoms with van der Waals surface area (Å²) in [6, 6.07) is 4.13. The van der Waals surface area contributed by atoms with Gasteiger partial charge in [0.1, 0.15) is 0 Å². The molecule has 0 saturated carbocycles. The second kappa shape index (κ2) is 3.54. The first-order chi connectivity index (χ1) is 5.09. The minimum absolute atomic E-state index is 0.0995. The summed E-state index contributed by atoms with van der Waals surface area (Å²) >= 11 is 8.80. The van der Waals surface area contributed by atoms with Crippen molar-refractivity contribution in [2.45, 2.75) is 4.90 Å². The summed E-state index contributed by atoms with van der Waals surface area (Å²) in [5.41, 5.74) is 0. The van der Waals surface area contributed by atoms with Gasteiger partial charge in [0.05, 0.1) is 0 Å². The minimum Gasteiger partial charge on any atom is -0.768 e. The van der Waals surface area contributed by atoms with Gasteiger partial charge in [0.25, 0.3) is 0 Å². The highest BCUT2D eigenvalue weighted by Crippen LogP contribution is 2.20. The first kappa shape index (κ1) is 9.00. The molecule has 1 atom stereocenters. The zero-order valence-corrected chi connectivity index (χ0v) is 7.54. The number of hydrogen-bond acceptors (Lipinski definition) is 2. The molecule has 0 amide bonds. The molecule has 60 valence electrons. The van der Waals surface area contributed by atoms with Gasteiger partial charge in [-0.3, -0.25) is 4.21 Å². The van der Waals surface area contributed by atoms with Crippen LogP contribution < -0.4 is 0 Å². The first-order valence-corrected chi connectivity index (χ1v) is 4.48. The second-order valence-electron chi connectivity index (χ2n) is 1.84. The molecule has 0 bridgehead atoms. The number of halogens is 2. The fourth-order valence-electron chi connectivity index (χ4n) is 0.625. The Kier molecular flexibility index (Phi) is 2.90. The maximum Gasteiger partial charge on any atom is 0.0432 e. The molecular formula is C6H3Cl2O2S-. The highest BCUT2D eigenvalue weighted by Gasteiger charge is 1.96. The zero-order valence-electron chi connectivity index (χ0n) is 5.21. The molecule has 1 aromatic rings. The third-order valence-corrected chi connectivity index (χ3v) is 2.09. The fourth-order valence-corrected chi connectivity index (χ4v) is 1.73. The Bertz CT molecular complexity index is 280. The van der Waals surface area contributed by atoms with Gasteiger partial charge in [0.15, 0.2) is 0 Å². The minimum atomic E-state index is -2.27. The molecular weight excluding hydrogens is 207 g/mol. The molecule has 1 aromatic carbocycles. The molecule has 0 aromatic heterocycles. The Morgan fingerprint density at radius 1 is 1.18 bits per heavy atom. The van der Waals surface area contributed by atoms with Gasteiger partial charge in [-0.2, -0.15) is 0 Å². The maximum atomic E-state index is 10.4. The lowest BCUT2D eigenvalue weighted by Gasteiger charge is -2.04. The van der Waals surface area contributed by atoms with Crippen LogP contribution in [0.4, 0.5) is 0 Å².